The maximum Gasteiger partial charge on any atom is 0.228 e. The Morgan fingerprint density at radius 2 is 0.588 bits per heavy atom. The van der Waals surface area contributed by atoms with Gasteiger partial charge in [0.25, 0.3) is 0 Å². The van der Waals surface area contributed by atoms with Crippen LogP contribution in [-0.2, 0) is 24.0 Å². The lowest BCUT2D eigenvalue weighted by molar-refractivity contribution is -0.116. The van der Waals surface area contributed by atoms with Crippen molar-refractivity contribution < 1.29 is 142 Å². The summed E-state index contributed by atoms with van der Waals surface area (Å²) < 4.78 is 178. The Labute approximate surface area is 635 Å². The molecule has 0 saturated heterocycles. The van der Waals surface area contributed by atoms with Gasteiger partial charge in [0.2, 0.25) is 52.8 Å². The largest absolute Gasteiger partial charge is 0.508 e. The molecule has 5 aliphatic heterocycles. The molecule has 5 aliphatic rings. The number of fused-ring (bicyclic) bond motifs is 10. The van der Waals surface area contributed by atoms with Gasteiger partial charge in [-0.1, -0.05) is 37.3 Å². The zero-order chi connectivity index (χ0) is 82.3. The molecule has 0 spiro atoms. The van der Waals surface area contributed by atoms with Crippen LogP contribution in [0.15, 0.2) is 133 Å². The average Bonchev–Trinajstić information content (AvgIpc) is 0.903. The van der Waals surface area contributed by atoms with Crippen molar-refractivity contribution in [2.75, 3.05) is 24.5 Å². The van der Waals surface area contributed by atoms with Crippen LogP contribution in [-0.4, -0.2) is 75.5 Å². The molecule has 16 rings (SSSR count). The Hall–Kier alpha value is -14.8. The monoisotopic (exact) mass is 1590 g/mol. The molecule has 0 radical (unpaired) electrons. The smallest absolute Gasteiger partial charge is 0.228 e. The van der Waals surface area contributed by atoms with Crippen LogP contribution in [0.3, 0.4) is 0 Å². The van der Waals surface area contributed by atoms with Crippen molar-refractivity contribution in [3.8, 4) is 120 Å². The third-order valence-electron chi connectivity index (χ3n) is 17.3. The maximum atomic E-state index is 14.2. The molecule has 9 N–H and O–H groups in total. The Morgan fingerprint density at radius 1 is 0.281 bits per heavy atom. The molecule has 5 amide bonds. The van der Waals surface area contributed by atoms with E-state index in [1.807, 2.05) is 31.2 Å². The van der Waals surface area contributed by atoms with Gasteiger partial charge < -0.3 is 69.6 Å². The van der Waals surface area contributed by atoms with Crippen molar-refractivity contribution in [3.63, 3.8) is 0 Å². The van der Waals surface area contributed by atoms with E-state index in [0.29, 0.717) is 22.2 Å². The topological polar surface area (TPSA) is 330 Å². The second-order valence-corrected chi connectivity index (χ2v) is 24.8. The Kier molecular flexibility index (Phi) is 21.5. The van der Waals surface area contributed by atoms with Crippen molar-refractivity contribution in [2.24, 2.45) is 0 Å². The molecule has 0 fully saturated rings. The lowest BCUT2D eigenvalue weighted by Crippen LogP contribution is -2.27. The molecule has 0 saturated carbocycles. The number of aromatic hydroxyl groups is 9. The number of rotatable bonds is 1. The van der Waals surface area contributed by atoms with Crippen molar-refractivity contribution in [1.29, 1.82) is 0 Å². The highest BCUT2D eigenvalue weighted by Gasteiger charge is 2.40. The van der Waals surface area contributed by atoms with E-state index >= 15 is 0 Å². The minimum Gasteiger partial charge on any atom is -0.508 e. The SMILES string of the molecule is C.CC(=O)N1c2cc(F)c(C)c(F)c2Oc2c1cc(F)c(O)c2F.CC(=O)N1c2cc(F)c(O)cc2Oc2cc(O)c(-c3ccc(C)cc3)cc21.CC(=O)N1c2cc(F)c(O)cc2Oc2cc(O)c(F)cc21.CC(=O)N1c2ccc(O)c(F)c2Oc2c1ccc(O)c2F.CC(=O)N1c2ccc(O)cc2Oc2c1cc(F)c(O)c2F. The van der Waals surface area contributed by atoms with Crippen LogP contribution in [0.25, 0.3) is 11.1 Å². The van der Waals surface area contributed by atoms with Crippen LogP contribution in [0.5, 0.6) is 109 Å². The zero-order valence-corrected chi connectivity index (χ0v) is 58.7. The third kappa shape index (κ3) is 14.4. The van der Waals surface area contributed by atoms with Gasteiger partial charge in [-0.15, -0.1) is 0 Å². The Bertz CT molecular complexity index is 5700. The number of benzene rings is 11. The molecule has 35 heteroatoms. The lowest BCUT2D eigenvalue weighted by Gasteiger charge is -2.31. The summed E-state index contributed by atoms with van der Waals surface area (Å²) in [5.41, 5.74) is 2.05. The van der Waals surface area contributed by atoms with Gasteiger partial charge in [-0.25, -0.2) is 30.7 Å². The van der Waals surface area contributed by atoms with Crippen LogP contribution < -0.4 is 48.2 Å². The number of aryl methyl sites for hydroxylation is 1. The first kappa shape index (κ1) is 80.2. The maximum absolute atomic E-state index is 14.2. The fourth-order valence-corrected chi connectivity index (χ4v) is 12.1. The molecular formula is C79H56F11N5O19. The number of phenols is 9. The number of ether oxygens (including phenoxy) is 5. The lowest BCUT2D eigenvalue weighted by atomic mass is 10.0. The molecule has 11 aromatic carbocycles. The van der Waals surface area contributed by atoms with E-state index in [2.05, 4.69) is 0 Å². The summed E-state index contributed by atoms with van der Waals surface area (Å²) in [6.07, 6.45) is 0. The summed E-state index contributed by atoms with van der Waals surface area (Å²) in [7, 11) is 0. The molecule has 0 bridgehead atoms. The van der Waals surface area contributed by atoms with Gasteiger partial charge in [-0.2, -0.15) is 17.6 Å². The van der Waals surface area contributed by atoms with Gasteiger partial charge in [-0.3, -0.25) is 48.5 Å². The minimum absolute atomic E-state index is 0. The summed E-state index contributed by atoms with van der Waals surface area (Å²) in [4.78, 5) is 64.8. The standard InChI is InChI=1S/C21H16FNO4.C15H9F4NO3.3C14H9F2NO4.CH4/c1-11-3-5-13(6-4-11)14-7-16-20(9-18(14)25)27-21-10-19(26)15(22)8-17(21)23(16)12(2)24;1-5-7(16)3-9-14(11(5)18)23-15-10(20(9)6(2)21)4-8(17)13(22)12(15)19;1-6(18)17-9-2-7(15)11(19)4-13(9)21-14-5-12(20)8(16)3-10(14)17;1-6(18)17-7-2-4-9(19)11(15)13(7)21-14-8(17)3-5-10(20)12(14)16;1-6(18)17-9-3-2-7(19)4-11(9)21-14-10(17)5-8(15)13(20)12(14)16;/h3-10,25-26H,1-2H3;3-4,22H,1-2H3;3*2-5,19-20H,1H3;1H4. The molecule has 0 aromatic heterocycles. The van der Waals surface area contributed by atoms with E-state index in [1.54, 1.807) is 6.07 Å². The molecule has 24 nitrogen and oxygen atoms in total. The Morgan fingerprint density at radius 3 is 0.991 bits per heavy atom. The number of carbonyl (C=O) groups excluding carboxylic acids is 5. The number of anilines is 10. The number of halogens is 11. The van der Waals surface area contributed by atoms with Crippen molar-refractivity contribution in [1.82, 2.24) is 0 Å². The van der Waals surface area contributed by atoms with E-state index in [9.17, 15) is 118 Å². The van der Waals surface area contributed by atoms with Crippen molar-refractivity contribution in [3.05, 3.63) is 209 Å². The first-order chi connectivity index (χ1) is 53.3. The fourth-order valence-electron chi connectivity index (χ4n) is 12.1. The number of hydrogen-bond acceptors (Lipinski definition) is 19. The summed E-state index contributed by atoms with van der Waals surface area (Å²) in [6.45, 7) is 9.15. The molecule has 11 aromatic rings. The van der Waals surface area contributed by atoms with Crippen molar-refractivity contribution >= 4 is 86.4 Å². The average molecular weight is 1590 g/mol. The number of hydrogen-bond donors (Lipinski definition) is 9. The van der Waals surface area contributed by atoms with E-state index in [-0.39, 0.29) is 105 Å². The first-order valence-electron chi connectivity index (χ1n) is 32.5. The predicted molar refractivity (Wildman–Crippen MR) is 385 cm³/mol. The van der Waals surface area contributed by atoms with Crippen LogP contribution in [0.1, 0.15) is 53.2 Å². The van der Waals surface area contributed by atoms with Gasteiger partial charge >= 0.3 is 0 Å². The van der Waals surface area contributed by atoms with Crippen LogP contribution in [0.2, 0.25) is 0 Å². The molecule has 5 heterocycles. The first-order valence-corrected chi connectivity index (χ1v) is 32.5. The fraction of sp³-hybridized carbons (Fsp3) is 0.101. The van der Waals surface area contributed by atoms with Gasteiger partial charge in [0.15, 0.2) is 133 Å². The normalized spacial score (nSPS) is 12.3. The van der Waals surface area contributed by atoms with Gasteiger partial charge in [0, 0.05) is 112 Å². The second-order valence-electron chi connectivity index (χ2n) is 24.8. The summed E-state index contributed by atoms with van der Waals surface area (Å²) >= 11 is 0. The molecule has 588 valence electrons. The van der Waals surface area contributed by atoms with Gasteiger partial charge in [0.1, 0.15) is 17.3 Å². The highest BCUT2D eigenvalue weighted by Crippen LogP contribution is 2.57. The van der Waals surface area contributed by atoms with E-state index in [1.165, 1.54) is 69.0 Å². The molecule has 114 heavy (non-hydrogen) atoms. The van der Waals surface area contributed by atoms with E-state index in [0.717, 1.165) is 100 Å². The number of phenolic OH excluding ortho intramolecular Hbond substituents is 9. The zero-order valence-electron chi connectivity index (χ0n) is 58.7. The van der Waals surface area contributed by atoms with Crippen LogP contribution >= 0.6 is 0 Å². The second kappa shape index (κ2) is 30.6. The summed E-state index contributed by atoms with van der Waals surface area (Å²) in [5.74, 6) is -23.3. The van der Waals surface area contributed by atoms with E-state index < -0.39 is 162 Å². The highest BCUT2D eigenvalue weighted by atomic mass is 19.2. The van der Waals surface area contributed by atoms with E-state index in [4.69, 9.17) is 23.7 Å². The van der Waals surface area contributed by atoms with Crippen molar-refractivity contribution in [2.45, 2.75) is 55.9 Å². The van der Waals surface area contributed by atoms with Crippen LogP contribution in [0.4, 0.5) is 105 Å². The highest BCUT2D eigenvalue weighted by molar-refractivity contribution is 6.08. The molecule has 0 atom stereocenters. The quantitative estimate of drug-likeness (QED) is 0.0690. The Balaban J connectivity index is 0.000000141. The molecular weight excluding hydrogens is 1530 g/mol. The van der Waals surface area contributed by atoms with Crippen LogP contribution in [0, 0.1) is 77.8 Å². The number of carbonyl (C=O) groups is 5. The van der Waals surface area contributed by atoms with Gasteiger partial charge in [0.05, 0.1) is 56.9 Å². The predicted octanol–water partition coefficient (Wildman–Crippen LogP) is 19.2. The third-order valence-corrected chi connectivity index (χ3v) is 17.3. The van der Waals surface area contributed by atoms with Gasteiger partial charge in [-0.05, 0) is 61.9 Å². The minimum atomic E-state index is -1.49. The molecule has 0 aliphatic carbocycles. The molecule has 0 unspecified atom stereocenters. The summed E-state index contributed by atoms with van der Waals surface area (Å²) in [5, 5.41) is 85.6. The number of nitrogens with zero attached hydrogens (tertiary/aromatic N) is 5. The summed E-state index contributed by atoms with van der Waals surface area (Å²) in [6, 6.07) is 27.5. The number of amides is 5.